The van der Waals surface area contributed by atoms with E-state index in [4.69, 9.17) is 9.41 Å². The largest absolute Gasteiger partial charge is 0.456 e. The summed E-state index contributed by atoms with van der Waals surface area (Å²) in [6.07, 6.45) is -0.362. The zero-order chi connectivity index (χ0) is 37.5. The maximum Gasteiger partial charge on any atom is 0.135 e. The van der Waals surface area contributed by atoms with E-state index in [1.54, 1.807) is 0 Å². The lowest BCUT2D eigenvalue weighted by Crippen LogP contribution is -2.44. The molecule has 0 bridgehead atoms. The van der Waals surface area contributed by atoms with Crippen molar-refractivity contribution in [2.45, 2.75) is 12.3 Å². The molecule has 2 atom stereocenters. The highest BCUT2D eigenvalue weighted by Gasteiger charge is 2.26. The van der Waals surface area contributed by atoms with E-state index in [1.165, 1.54) is 53.2 Å². The van der Waals surface area contributed by atoms with Gasteiger partial charge in [-0.15, -0.1) is 11.3 Å². The van der Waals surface area contributed by atoms with Crippen LogP contribution in [0.1, 0.15) is 29.0 Å². The van der Waals surface area contributed by atoms with Crippen LogP contribution in [-0.2, 0) is 0 Å². The molecule has 4 heterocycles. The van der Waals surface area contributed by atoms with Crippen molar-refractivity contribution in [1.82, 2.24) is 15.2 Å². The predicted molar refractivity (Wildman–Crippen MR) is 238 cm³/mol. The van der Waals surface area contributed by atoms with Gasteiger partial charge in [0.1, 0.15) is 29.3 Å². The van der Waals surface area contributed by atoms with Gasteiger partial charge in [0.2, 0.25) is 0 Å². The van der Waals surface area contributed by atoms with Gasteiger partial charge in [-0.1, -0.05) is 115 Å². The highest BCUT2D eigenvalue weighted by molar-refractivity contribution is 7.25. The smallest absolute Gasteiger partial charge is 0.135 e. The first kappa shape index (κ1) is 32.3. The van der Waals surface area contributed by atoms with E-state index in [9.17, 15) is 0 Å². The normalized spacial score (nSPS) is 15.9. The summed E-state index contributed by atoms with van der Waals surface area (Å²) in [6.45, 7) is 0. The fourth-order valence-electron chi connectivity index (χ4n) is 8.72. The number of hydrogen-bond acceptors (Lipinski definition) is 5. The number of fused-ring (bicyclic) bond motifs is 9. The Morgan fingerprint density at radius 2 is 1.07 bits per heavy atom. The van der Waals surface area contributed by atoms with Crippen LogP contribution in [0.25, 0.3) is 80.7 Å². The van der Waals surface area contributed by atoms with Crippen molar-refractivity contribution in [3.63, 3.8) is 0 Å². The zero-order valence-corrected chi connectivity index (χ0v) is 31.5. The maximum absolute atomic E-state index is 6.43. The third-order valence-electron chi connectivity index (χ3n) is 11.5. The molecule has 270 valence electrons. The Balaban J connectivity index is 0.940. The highest BCUT2D eigenvalue weighted by atomic mass is 32.1. The van der Waals surface area contributed by atoms with Crippen molar-refractivity contribution in [3.05, 3.63) is 199 Å². The molecule has 0 aliphatic carbocycles. The summed E-state index contributed by atoms with van der Waals surface area (Å²) < 4.78 is 11.4. The van der Waals surface area contributed by atoms with Gasteiger partial charge in [0, 0.05) is 53.0 Å². The van der Waals surface area contributed by atoms with Crippen LogP contribution in [0.3, 0.4) is 0 Å². The first-order valence-electron chi connectivity index (χ1n) is 19.3. The summed E-state index contributed by atoms with van der Waals surface area (Å²) >= 11 is 1.85. The number of nitrogens with zero attached hydrogens (tertiary/aromatic N) is 2. The second-order valence-corrected chi connectivity index (χ2v) is 15.9. The number of aromatic nitrogens is 1. The van der Waals surface area contributed by atoms with Gasteiger partial charge < -0.3 is 14.3 Å². The average Bonchev–Trinajstić information content (AvgIpc) is 3.95. The van der Waals surface area contributed by atoms with Crippen LogP contribution in [0.2, 0.25) is 0 Å². The van der Waals surface area contributed by atoms with Crippen LogP contribution in [0.5, 0.6) is 0 Å². The van der Waals surface area contributed by atoms with Crippen molar-refractivity contribution in [1.29, 1.82) is 0 Å². The Morgan fingerprint density at radius 3 is 1.82 bits per heavy atom. The number of para-hydroxylation sites is 2. The molecule has 8 aromatic carbocycles. The lowest BCUT2D eigenvalue weighted by Gasteiger charge is -2.32. The highest BCUT2D eigenvalue weighted by Crippen LogP contribution is 2.41. The summed E-state index contributed by atoms with van der Waals surface area (Å²) in [7, 11) is 0. The van der Waals surface area contributed by atoms with Crippen molar-refractivity contribution in [3.8, 4) is 16.8 Å². The van der Waals surface area contributed by atoms with Gasteiger partial charge in [-0.2, -0.15) is 0 Å². The molecular formula is C51H34N4OS. The maximum atomic E-state index is 6.43. The van der Waals surface area contributed by atoms with Gasteiger partial charge in [0.05, 0.1) is 11.0 Å². The Bertz CT molecular complexity index is 3320. The summed E-state index contributed by atoms with van der Waals surface area (Å²) in [5, 5.41) is 14.7. The Morgan fingerprint density at radius 1 is 0.474 bits per heavy atom. The lowest BCUT2D eigenvalue weighted by molar-refractivity contribution is 0.409. The second-order valence-electron chi connectivity index (χ2n) is 14.8. The quantitative estimate of drug-likeness (QED) is 0.184. The van der Waals surface area contributed by atoms with Crippen molar-refractivity contribution in [2.75, 3.05) is 0 Å². The number of amidine groups is 1. The van der Waals surface area contributed by atoms with Gasteiger partial charge in [-0.25, -0.2) is 4.99 Å². The summed E-state index contributed by atoms with van der Waals surface area (Å²) in [5.41, 5.74) is 11.0. The van der Waals surface area contributed by atoms with Gasteiger partial charge in [-0.3, -0.25) is 5.32 Å². The van der Waals surface area contributed by atoms with E-state index in [-0.39, 0.29) is 12.3 Å². The molecule has 1 aliphatic rings. The number of rotatable bonds is 5. The van der Waals surface area contributed by atoms with Gasteiger partial charge >= 0.3 is 0 Å². The molecule has 6 heteroatoms. The third-order valence-corrected chi connectivity index (χ3v) is 12.6. The summed E-state index contributed by atoms with van der Waals surface area (Å²) in [6, 6.07) is 65.1. The monoisotopic (exact) mass is 750 g/mol. The molecule has 0 radical (unpaired) electrons. The molecule has 0 saturated heterocycles. The SMILES string of the molecule is c1ccc(C2=NC(c3ccccc3)NC(c3ccc4oc5ccc(-c6ccc7sc8ccc(-n9c%10ccccc%10c%10ccccc%109)cc8c7c6)cc5c4c3)N2)cc1. The predicted octanol–water partition coefficient (Wildman–Crippen LogP) is 13.1. The van der Waals surface area contributed by atoms with E-state index in [2.05, 4.69) is 185 Å². The molecule has 0 fully saturated rings. The van der Waals surface area contributed by atoms with E-state index in [0.717, 1.165) is 50.0 Å². The topological polar surface area (TPSA) is 54.5 Å². The minimum absolute atomic E-state index is 0.165. The van der Waals surface area contributed by atoms with Crippen LogP contribution < -0.4 is 10.6 Å². The number of furan rings is 1. The number of hydrogen-bond donors (Lipinski definition) is 2. The number of nitrogens with one attached hydrogen (secondary N) is 2. The molecule has 57 heavy (non-hydrogen) atoms. The molecule has 5 nitrogen and oxygen atoms in total. The summed E-state index contributed by atoms with van der Waals surface area (Å²) in [5.74, 6) is 0.867. The fraction of sp³-hybridized carbons (Fsp3) is 0.0392. The molecule has 3 aromatic heterocycles. The van der Waals surface area contributed by atoms with Crippen molar-refractivity contribution in [2.24, 2.45) is 4.99 Å². The number of aliphatic imine (C=N–C) groups is 1. The molecule has 12 rings (SSSR count). The van der Waals surface area contributed by atoms with Gasteiger partial charge in [0.25, 0.3) is 0 Å². The molecule has 0 saturated carbocycles. The average molecular weight is 751 g/mol. The van der Waals surface area contributed by atoms with Crippen LogP contribution in [-0.4, -0.2) is 10.4 Å². The number of benzene rings is 8. The Hall–Kier alpha value is -6.99. The first-order chi connectivity index (χ1) is 28.2. The Kier molecular flexibility index (Phi) is 7.24. The zero-order valence-electron chi connectivity index (χ0n) is 30.7. The first-order valence-corrected chi connectivity index (χ1v) is 20.2. The molecular weight excluding hydrogens is 717 g/mol. The van der Waals surface area contributed by atoms with E-state index in [1.807, 2.05) is 23.5 Å². The minimum atomic E-state index is -0.197. The van der Waals surface area contributed by atoms with Gasteiger partial charge in [-0.05, 0) is 89.0 Å². The Labute approximate surface area is 332 Å². The van der Waals surface area contributed by atoms with Crippen molar-refractivity contribution >= 4 is 81.1 Å². The molecule has 0 spiro atoms. The van der Waals surface area contributed by atoms with Gasteiger partial charge in [0.15, 0.2) is 0 Å². The molecule has 2 N–H and O–H groups in total. The van der Waals surface area contributed by atoms with Crippen LogP contribution in [0, 0.1) is 0 Å². The van der Waals surface area contributed by atoms with Crippen molar-refractivity contribution < 1.29 is 4.42 Å². The van der Waals surface area contributed by atoms with E-state index in [0.29, 0.717) is 0 Å². The van der Waals surface area contributed by atoms with E-state index >= 15 is 0 Å². The standard InChI is InChI=1S/C51H34N4OS/c1-3-11-31(12-4-1)49-52-50(32-13-5-2-6-14-32)54-51(53-49)35-20-24-46-40(29-35)39-27-33(19-23-45(39)56-46)34-21-25-47-41(28-34)42-30-36(22-26-48(42)57-47)55-43-17-9-7-15-37(43)38-16-8-10-18-44(38)55/h1-30,49,51,53H,(H,52,54). The molecule has 11 aromatic rings. The second kappa shape index (κ2) is 12.8. The fourth-order valence-corrected chi connectivity index (χ4v) is 9.79. The summed E-state index contributed by atoms with van der Waals surface area (Å²) in [4.78, 5) is 5.10. The molecule has 1 aliphatic heterocycles. The lowest BCUT2D eigenvalue weighted by atomic mass is 9.99. The van der Waals surface area contributed by atoms with Crippen LogP contribution >= 0.6 is 11.3 Å². The number of thiophene rings is 1. The minimum Gasteiger partial charge on any atom is -0.456 e. The van der Waals surface area contributed by atoms with Crippen LogP contribution in [0.15, 0.2) is 191 Å². The molecule has 2 unspecified atom stereocenters. The van der Waals surface area contributed by atoms with Crippen LogP contribution in [0.4, 0.5) is 0 Å². The molecule has 0 amide bonds. The third kappa shape index (κ3) is 5.30. The van der Waals surface area contributed by atoms with E-state index < -0.39 is 0 Å².